The molecule has 0 aliphatic rings. The molecule has 0 fully saturated rings. The Hall–Kier alpha value is -2.26. The summed E-state index contributed by atoms with van der Waals surface area (Å²) >= 11 is 0. The summed E-state index contributed by atoms with van der Waals surface area (Å²) in [6.45, 7) is 5.97. The van der Waals surface area contributed by atoms with Crippen LogP contribution in [-0.4, -0.2) is 18.1 Å². The summed E-state index contributed by atoms with van der Waals surface area (Å²) in [4.78, 5) is 3.69. The van der Waals surface area contributed by atoms with Gasteiger partial charge >= 0.3 is 0 Å². The van der Waals surface area contributed by atoms with Gasteiger partial charge in [0.2, 0.25) is 0 Å². The molecule has 3 aromatic rings. The maximum absolute atomic E-state index is 5.84. The molecule has 2 aromatic carbocycles. The highest BCUT2D eigenvalue weighted by Crippen LogP contribution is 2.33. The number of aryl methyl sites for hydroxylation is 2. The molecule has 1 heterocycles. The van der Waals surface area contributed by atoms with Crippen LogP contribution in [0, 0.1) is 0 Å². The highest BCUT2D eigenvalue weighted by atomic mass is 16.5. The molecule has 0 spiro atoms. The van der Waals surface area contributed by atoms with Crippen molar-refractivity contribution in [1.82, 2.24) is 4.98 Å². The lowest BCUT2D eigenvalue weighted by Crippen LogP contribution is -1.99. The maximum Gasteiger partial charge on any atom is 0.119 e. The van der Waals surface area contributed by atoms with E-state index in [0.717, 1.165) is 57.4 Å². The van der Waals surface area contributed by atoms with Gasteiger partial charge in [-0.25, -0.2) is 0 Å². The number of rotatable bonds is 12. The minimum absolute atomic E-state index is 0.753. The van der Waals surface area contributed by atoms with E-state index in [1.165, 1.54) is 46.1 Å². The molecule has 29 heavy (non-hydrogen) atoms. The number of aromatic amines is 1. The van der Waals surface area contributed by atoms with Crippen molar-refractivity contribution in [2.75, 3.05) is 13.2 Å². The smallest absolute Gasteiger partial charge is 0.119 e. The van der Waals surface area contributed by atoms with Crippen LogP contribution in [0.5, 0.6) is 5.75 Å². The van der Waals surface area contributed by atoms with E-state index >= 15 is 0 Å². The summed E-state index contributed by atoms with van der Waals surface area (Å²) in [6.07, 6.45) is 9.10. The van der Waals surface area contributed by atoms with E-state index < -0.39 is 0 Å². The quantitative estimate of drug-likeness (QED) is 0.340. The lowest BCUT2D eigenvalue weighted by molar-refractivity contribution is 0.309. The number of hydrogen-bond donors (Lipinski definition) is 2. The van der Waals surface area contributed by atoms with Crippen molar-refractivity contribution in [1.29, 1.82) is 0 Å². The van der Waals surface area contributed by atoms with Crippen molar-refractivity contribution >= 4 is 10.9 Å². The molecule has 0 amide bonds. The molecule has 3 rings (SSSR count). The summed E-state index contributed by atoms with van der Waals surface area (Å²) in [6, 6.07) is 15.4. The lowest BCUT2D eigenvalue weighted by Gasteiger charge is -2.08. The molecular formula is C26H36N2O. The van der Waals surface area contributed by atoms with Gasteiger partial charge in [0, 0.05) is 16.6 Å². The monoisotopic (exact) mass is 392 g/mol. The van der Waals surface area contributed by atoms with Crippen molar-refractivity contribution in [3.05, 3.63) is 53.6 Å². The third-order valence-electron chi connectivity index (χ3n) is 5.58. The Morgan fingerprint density at radius 1 is 0.862 bits per heavy atom. The summed E-state index contributed by atoms with van der Waals surface area (Å²) in [7, 11) is 0. The summed E-state index contributed by atoms with van der Waals surface area (Å²) < 4.78 is 5.84. The molecule has 0 aliphatic carbocycles. The standard InChI is InChI=1S/C26H36N2O/c1-3-5-9-20-11-16-25-24(19-20)23(10-7-8-17-27)26(28-25)21-12-14-22(15-13-21)29-18-6-4-2/h11-16,19,28H,3-10,17-18,27H2,1-2H3. The Morgan fingerprint density at radius 3 is 2.38 bits per heavy atom. The average Bonchev–Trinajstić information content (AvgIpc) is 3.11. The van der Waals surface area contributed by atoms with Gasteiger partial charge < -0.3 is 15.5 Å². The van der Waals surface area contributed by atoms with Gasteiger partial charge in [-0.15, -0.1) is 0 Å². The Bertz CT molecular complexity index is 880. The number of H-pyrrole nitrogens is 1. The molecule has 0 unspecified atom stereocenters. The molecule has 0 saturated carbocycles. The second kappa shape index (κ2) is 11.1. The van der Waals surface area contributed by atoms with E-state index in [2.05, 4.69) is 61.3 Å². The van der Waals surface area contributed by atoms with Crippen LogP contribution >= 0.6 is 0 Å². The number of nitrogens with two attached hydrogens (primary N) is 1. The maximum atomic E-state index is 5.84. The molecule has 0 saturated heterocycles. The predicted molar refractivity (Wildman–Crippen MR) is 125 cm³/mol. The van der Waals surface area contributed by atoms with E-state index in [1.807, 2.05) is 0 Å². The van der Waals surface area contributed by atoms with E-state index in [4.69, 9.17) is 10.5 Å². The minimum Gasteiger partial charge on any atom is -0.494 e. The number of benzene rings is 2. The van der Waals surface area contributed by atoms with Gasteiger partial charge in [-0.2, -0.15) is 0 Å². The van der Waals surface area contributed by atoms with Gasteiger partial charge in [-0.3, -0.25) is 0 Å². The van der Waals surface area contributed by atoms with Crippen LogP contribution in [0.1, 0.15) is 63.5 Å². The van der Waals surface area contributed by atoms with Gasteiger partial charge in [0.15, 0.2) is 0 Å². The minimum atomic E-state index is 0.753. The zero-order chi connectivity index (χ0) is 20.5. The number of nitrogens with one attached hydrogen (secondary N) is 1. The highest BCUT2D eigenvalue weighted by molar-refractivity contribution is 5.91. The van der Waals surface area contributed by atoms with Crippen molar-refractivity contribution in [3.8, 4) is 17.0 Å². The number of fused-ring (bicyclic) bond motifs is 1. The number of unbranched alkanes of at least 4 members (excludes halogenated alkanes) is 3. The Balaban J connectivity index is 1.91. The Kier molecular flexibility index (Phi) is 8.18. The average molecular weight is 393 g/mol. The molecular weight excluding hydrogens is 356 g/mol. The Labute approximate surface area is 175 Å². The molecule has 3 nitrogen and oxygen atoms in total. The lowest BCUT2D eigenvalue weighted by atomic mass is 9.98. The molecule has 0 atom stereocenters. The van der Waals surface area contributed by atoms with E-state index in [9.17, 15) is 0 Å². The zero-order valence-corrected chi connectivity index (χ0v) is 18.1. The van der Waals surface area contributed by atoms with Gasteiger partial charge in [-0.1, -0.05) is 32.8 Å². The first-order valence-corrected chi connectivity index (χ1v) is 11.3. The van der Waals surface area contributed by atoms with E-state index in [1.54, 1.807) is 0 Å². The van der Waals surface area contributed by atoms with Gasteiger partial charge in [-0.05, 0) is 98.2 Å². The first kappa shape index (κ1) is 21.4. The third-order valence-corrected chi connectivity index (χ3v) is 5.58. The van der Waals surface area contributed by atoms with Gasteiger partial charge in [0.25, 0.3) is 0 Å². The molecule has 0 bridgehead atoms. The first-order valence-electron chi connectivity index (χ1n) is 11.3. The first-order chi connectivity index (χ1) is 14.3. The second-order valence-electron chi connectivity index (χ2n) is 7.93. The van der Waals surface area contributed by atoms with Crippen molar-refractivity contribution in [3.63, 3.8) is 0 Å². The van der Waals surface area contributed by atoms with Crippen molar-refractivity contribution < 1.29 is 4.74 Å². The molecule has 1 aromatic heterocycles. The van der Waals surface area contributed by atoms with Crippen LogP contribution in [0.4, 0.5) is 0 Å². The third kappa shape index (κ3) is 5.63. The van der Waals surface area contributed by atoms with E-state index in [0.29, 0.717) is 0 Å². The summed E-state index contributed by atoms with van der Waals surface area (Å²) in [5, 5.41) is 1.37. The largest absolute Gasteiger partial charge is 0.494 e. The Morgan fingerprint density at radius 2 is 1.66 bits per heavy atom. The van der Waals surface area contributed by atoms with Crippen LogP contribution in [0.3, 0.4) is 0 Å². The highest BCUT2D eigenvalue weighted by Gasteiger charge is 2.14. The topological polar surface area (TPSA) is 51.0 Å². The molecule has 3 N–H and O–H groups in total. The van der Waals surface area contributed by atoms with Crippen LogP contribution in [-0.2, 0) is 12.8 Å². The normalized spacial score (nSPS) is 11.3. The predicted octanol–water partition coefficient (Wildman–Crippen LogP) is 6.64. The fourth-order valence-corrected chi connectivity index (χ4v) is 3.84. The summed E-state index contributed by atoms with van der Waals surface area (Å²) in [5.41, 5.74) is 12.3. The van der Waals surface area contributed by atoms with E-state index in [-0.39, 0.29) is 0 Å². The molecule has 3 heteroatoms. The van der Waals surface area contributed by atoms with Crippen LogP contribution in [0.25, 0.3) is 22.2 Å². The zero-order valence-electron chi connectivity index (χ0n) is 18.1. The number of aromatic nitrogens is 1. The molecule has 0 aliphatic heterocycles. The molecule has 0 radical (unpaired) electrons. The number of ether oxygens (including phenoxy) is 1. The SMILES string of the molecule is CCCCOc1ccc(-c2[nH]c3ccc(CCCC)cc3c2CCCCN)cc1. The summed E-state index contributed by atoms with van der Waals surface area (Å²) in [5.74, 6) is 0.949. The van der Waals surface area contributed by atoms with Gasteiger partial charge in [0.1, 0.15) is 5.75 Å². The fourth-order valence-electron chi connectivity index (χ4n) is 3.84. The van der Waals surface area contributed by atoms with Crippen molar-refractivity contribution in [2.45, 2.75) is 65.2 Å². The van der Waals surface area contributed by atoms with Crippen LogP contribution in [0.15, 0.2) is 42.5 Å². The van der Waals surface area contributed by atoms with Crippen LogP contribution < -0.4 is 10.5 Å². The molecule has 156 valence electrons. The van der Waals surface area contributed by atoms with Gasteiger partial charge in [0.05, 0.1) is 6.61 Å². The second-order valence-corrected chi connectivity index (χ2v) is 7.93. The van der Waals surface area contributed by atoms with Crippen molar-refractivity contribution in [2.24, 2.45) is 5.73 Å². The number of hydrogen-bond acceptors (Lipinski definition) is 2. The van der Waals surface area contributed by atoms with Crippen LogP contribution in [0.2, 0.25) is 0 Å². The fraction of sp³-hybridized carbons (Fsp3) is 0.462.